The van der Waals surface area contributed by atoms with Crippen molar-refractivity contribution in [2.45, 2.75) is 6.04 Å². The molecule has 2 aromatic heterocycles. The Balaban J connectivity index is 1.82. The van der Waals surface area contributed by atoms with Crippen molar-refractivity contribution in [3.63, 3.8) is 0 Å². The van der Waals surface area contributed by atoms with Crippen molar-refractivity contribution in [1.29, 1.82) is 0 Å². The maximum atomic E-state index is 14.0. The molecule has 0 radical (unpaired) electrons. The van der Waals surface area contributed by atoms with Gasteiger partial charge in [-0.05, 0) is 40.3 Å². The maximum absolute atomic E-state index is 14.0. The number of aromatic nitrogens is 6. The standard InChI is InChI=1S/C19H14FN7O2/c1-29-13-7-3-4-10(9-13)15-14-16(18(28)23-22-15)21-19-24-25-26-27(19)17(14)11-5-2-6-12(20)8-11/h2-9,17H,1H3,(H,23,28)(H,21,24,26)/t17-/m1/s1. The second-order valence-electron chi connectivity index (χ2n) is 6.45. The van der Waals surface area contributed by atoms with Crippen molar-refractivity contribution in [3.05, 3.63) is 75.8 Å². The van der Waals surface area contributed by atoms with Crippen LogP contribution in [0, 0.1) is 5.82 Å². The normalized spacial score (nSPS) is 14.6. The molecule has 0 spiro atoms. The summed E-state index contributed by atoms with van der Waals surface area (Å²) in [6.45, 7) is 0. The fraction of sp³-hybridized carbons (Fsp3) is 0.105. The smallest absolute Gasteiger partial charge is 0.288 e. The molecule has 0 bridgehead atoms. The van der Waals surface area contributed by atoms with Gasteiger partial charge in [-0.3, -0.25) is 4.79 Å². The van der Waals surface area contributed by atoms with E-state index in [9.17, 15) is 9.18 Å². The average Bonchev–Trinajstić information content (AvgIpc) is 3.21. The number of H-pyrrole nitrogens is 1. The van der Waals surface area contributed by atoms with Gasteiger partial charge in [0.1, 0.15) is 23.3 Å². The zero-order valence-corrected chi connectivity index (χ0v) is 15.1. The van der Waals surface area contributed by atoms with Crippen LogP contribution in [0.2, 0.25) is 0 Å². The van der Waals surface area contributed by atoms with Gasteiger partial charge < -0.3 is 10.1 Å². The van der Waals surface area contributed by atoms with E-state index in [1.807, 2.05) is 18.2 Å². The van der Waals surface area contributed by atoms with E-state index in [-0.39, 0.29) is 11.6 Å². The first-order valence-corrected chi connectivity index (χ1v) is 8.73. The summed E-state index contributed by atoms with van der Waals surface area (Å²) in [6, 6.07) is 12.7. The van der Waals surface area contributed by atoms with E-state index in [0.29, 0.717) is 22.6 Å². The second kappa shape index (κ2) is 6.51. The third-order valence-electron chi connectivity index (χ3n) is 4.78. The van der Waals surface area contributed by atoms with Crippen molar-refractivity contribution in [1.82, 2.24) is 30.4 Å². The molecule has 3 heterocycles. The number of rotatable bonds is 3. The highest BCUT2D eigenvalue weighted by molar-refractivity contribution is 5.76. The Morgan fingerprint density at radius 3 is 2.86 bits per heavy atom. The molecule has 0 amide bonds. The van der Waals surface area contributed by atoms with E-state index in [1.54, 1.807) is 25.3 Å². The molecule has 144 valence electrons. The van der Waals surface area contributed by atoms with Crippen LogP contribution in [0.25, 0.3) is 11.3 Å². The van der Waals surface area contributed by atoms with Crippen molar-refractivity contribution >= 4 is 11.6 Å². The zero-order chi connectivity index (χ0) is 20.0. The van der Waals surface area contributed by atoms with Crippen LogP contribution >= 0.6 is 0 Å². The third-order valence-corrected chi connectivity index (χ3v) is 4.78. The van der Waals surface area contributed by atoms with Crippen LogP contribution in [0.5, 0.6) is 5.75 Å². The number of benzene rings is 2. The Kier molecular flexibility index (Phi) is 3.83. The Bertz CT molecular complexity index is 1280. The van der Waals surface area contributed by atoms with Crippen LogP contribution < -0.4 is 15.6 Å². The highest BCUT2D eigenvalue weighted by Gasteiger charge is 2.34. The second-order valence-corrected chi connectivity index (χ2v) is 6.45. The predicted octanol–water partition coefficient (Wildman–Crippen LogP) is 2.27. The molecule has 2 aromatic carbocycles. The van der Waals surface area contributed by atoms with E-state index in [2.05, 4.69) is 31.0 Å². The average molecular weight is 391 g/mol. The number of fused-ring (bicyclic) bond motifs is 2. The van der Waals surface area contributed by atoms with Gasteiger partial charge in [0.05, 0.1) is 12.8 Å². The summed E-state index contributed by atoms with van der Waals surface area (Å²) < 4.78 is 20.8. The quantitative estimate of drug-likeness (QED) is 0.485. The van der Waals surface area contributed by atoms with Crippen molar-refractivity contribution in [2.75, 3.05) is 12.4 Å². The van der Waals surface area contributed by atoms with Crippen LogP contribution in [0.4, 0.5) is 16.0 Å². The van der Waals surface area contributed by atoms with Gasteiger partial charge in [0.15, 0.2) is 0 Å². The Hall–Kier alpha value is -4.08. The van der Waals surface area contributed by atoms with Crippen LogP contribution in [0.1, 0.15) is 17.2 Å². The SMILES string of the molecule is COc1cccc(-c2n[nH]c(=O)c3c2[C@@H](c2cccc(F)c2)n2nnnc2N3)c1. The maximum Gasteiger partial charge on any atom is 0.288 e. The highest BCUT2D eigenvalue weighted by Crippen LogP contribution is 2.41. The molecular weight excluding hydrogens is 377 g/mol. The zero-order valence-electron chi connectivity index (χ0n) is 15.1. The van der Waals surface area contributed by atoms with E-state index in [4.69, 9.17) is 4.74 Å². The van der Waals surface area contributed by atoms with Crippen LogP contribution in [0.3, 0.4) is 0 Å². The lowest BCUT2D eigenvalue weighted by atomic mass is 9.92. The molecule has 1 aliphatic rings. The predicted molar refractivity (Wildman–Crippen MR) is 102 cm³/mol. The molecule has 0 fully saturated rings. The van der Waals surface area contributed by atoms with Gasteiger partial charge in [-0.2, -0.15) is 9.78 Å². The number of anilines is 2. The lowest BCUT2D eigenvalue weighted by molar-refractivity contribution is 0.415. The van der Waals surface area contributed by atoms with Gasteiger partial charge >= 0.3 is 0 Å². The summed E-state index contributed by atoms with van der Waals surface area (Å²) in [5, 5.41) is 21.4. The Morgan fingerprint density at radius 2 is 2.03 bits per heavy atom. The summed E-state index contributed by atoms with van der Waals surface area (Å²) in [6.07, 6.45) is 0. The molecule has 1 atom stereocenters. The molecule has 9 nitrogen and oxygen atoms in total. The molecule has 0 saturated carbocycles. The first-order chi connectivity index (χ1) is 14.2. The lowest BCUT2D eigenvalue weighted by Crippen LogP contribution is -2.29. The van der Waals surface area contributed by atoms with Gasteiger partial charge in [0, 0.05) is 11.1 Å². The topological polar surface area (TPSA) is 111 Å². The van der Waals surface area contributed by atoms with Gasteiger partial charge in [-0.25, -0.2) is 9.49 Å². The fourth-order valence-corrected chi connectivity index (χ4v) is 3.51. The number of tetrazole rings is 1. The number of aromatic amines is 1. The monoisotopic (exact) mass is 391 g/mol. The fourth-order valence-electron chi connectivity index (χ4n) is 3.51. The first-order valence-electron chi connectivity index (χ1n) is 8.73. The molecule has 5 rings (SSSR count). The van der Waals surface area contributed by atoms with Crippen molar-refractivity contribution in [2.24, 2.45) is 0 Å². The molecule has 2 N–H and O–H groups in total. The molecule has 4 aromatic rings. The van der Waals surface area contributed by atoms with Crippen LogP contribution in [0.15, 0.2) is 53.3 Å². The minimum atomic E-state index is -0.650. The highest BCUT2D eigenvalue weighted by atomic mass is 19.1. The Morgan fingerprint density at radius 1 is 1.17 bits per heavy atom. The molecule has 0 unspecified atom stereocenters. The summed E-state index contributed by atoms with van der Waals surface area (Å²) in [5.41, 5.74) is 2.17. The minimum absolute atomic E-state index is 0.259. The van der Waals surface area contributed by atoms with Gasteiger partial charge in [-0.15, -0.1) is 0 Å². The molecule has 10 heteroatoms. The summed E-state index contributed by atoms with van der Waals surface area (Å²) in [5.74, 6) is 0.511. The number of hydrogen-bond acceptors (Lipinski definition) is 7. The number of halogens is 1. The number of nitrogens with one attached hydrogen (secondary N) is 2. The summed E-state index contributed by atoms with van der Waals surface area (Å²) in [4.78, 5) is 12.6. The van der Waals surface area contributed by atoms with E-state index in [0.717, 1.165) is 5.56 Å². The third kappa shape index (κ3) is 2.73. The molecule has 0 saturated heterocycles. The molecule has 0 aliphatic carbocycles. The van der Waals surface area contributed by atoms with E-state index >= 15 is 0 Å². The molecular formula is C19H14FN7O2. The number of methoxy groups -OCH3 is 1. The van der Waals surface area contributed by atoms with Crippen LogP contribution in [-0.4, -0.2) is 37.5 Å². The van der Waals surface area contributed by atoms with Gasteiger partial charge in [-0.1, -0.05) is 29.4 Å². The number of hydrogen-bond donors (Lipinski definition) is 2. The van der Waals surface area contributed by atoms with Crippen LogP contribution in [-0.2, 0) is 0 Å². The minimum Gasteiger partial charge on any atom is -0.497 e. The number of ether oxygens (including phenoxy) is 1. The lowest BCUT2D eigenvalue weighted by Gasteiger charge is -2.27. The Labute approximate surface area is 163 Å². The van der Waals surface area contributed by atoms with Gasteiger partial charge in [0.25, 0.3) is 5.56 Å². The van der Waals surface area contributed by atoms with Crippen molar-refractivity contribution < 1.29 is 9.13 Å². The largest absolute Gasteiger partial charge is 0.497 e. The molecule has 29 heavy (non-hydrogen) atoms. The molecule has 1 aliphatic heterocycles. The summed E-state index contributed by atoms with van der Waals surface area (Å²) >= 11 is 0. The van der Waals surface area contributed by atoms with Crippen molar-refractivity contribution in [3.8, 4) is 17.0 Å². The number of nitrogens with zero attached hydrogens (tertiary/aromatic N) is 5. The van der Waals surface area contributed by atoms with E-state index in [1.165, 1.54) is 16.8 Å². The van der Waals surface area contributed by atoms with Gasteiger partial charge in [0.2, 0.25) is 5.95 Å². The van der Waals surface area contributed by atoms with E-state index < -0.39 is 17.4 Å². The first kappa shape index (κ1) is 17.0. The summed E-state index contributed by atoms with van der Waals surface area (Å²) in [7, 11) is 1.57.